The van der Waals surface area contributed by atoms with Gasteiger partial charge in [0.15, 0.2) is 0 Å². The molecule has 0 unspecified atom stereocenters. The third kappa shape index (κ3) is 574. The number of hydrogen-bond acceptors (Lipinski definition) is 26. The lowest BCUT2D eigenvalue weighted by Gasteiger charge is -2.24. The number of nitrogens with two attached hydrogens (primary N) is 2. The molecule has 1 heterocycles. The molecule has 0 saturated carbocycles. The molecule has 1 aliphatic heterocycles. The predicted molar refractivity (Wildman–Crippen MR) is 424 cm³/mol. The Labute approximate surface area is 579 Å². The first kappa shape index (κ1) is 213. The van der Waals surface area contributed by atoms with E-state index in [1.165, 1.54) is 63.7 Å². The predicted octanol–water partition coefficient (Wildman–Crippen LogP) is 16.8. The molecule has 1 amide bonds. The Balaban J connectivity index is -0.0000000108. The quantitative estimate of drug-likeness (QED) is 0.132. The number of aryl methyl sites for hydroxylation is 2. The van der Waals surface area contributed by atoms with E-state index in [2.05, 4.69) is 157 Å². The average Bonchev–Trinajstić information content (AvgIpc) is 3.58. The van der Waals surface area contributed by atoms with E-state index in [4.69, 9.17) is 62.6 Å². The van der Waals surface area contributed by atoms with Crippen LogP contribution in [0.1, 0.15) is 217 Å². The molecular formula is C65H181N13O14. The number of benzene rings is 2. The van der Waals surface area contributed by atoms with E-state index < -0.39 is 0 Å². The summed E-state index contributed by atoms with van der Waals surface area (Å²) in [5, 5.41) is 8.06. The molecule has 0 aromatic heterocycles. The van der Waals surface area contributed by atoms with Crippen LogP contribution in [-0.2, 0) is 75.2 Å². The Hall–Kier alpha value is -6.57. The van der Waals surface area contributed by atoms with Crippen molar-refractivity contribution in [2.75, 3.05) is 27.2 Å². The third-order valence-corrected chi connectivity index (χ3v) is 6.75. The van der Waals surface area contributed by atoms with Crippen LogP contribution in [0, 0.1) is 23.7 Å². The Bertz CT molecular complexity index is 1020. The maximum atomic E-state index is 10.7. The molecule has 1 saturated heterocycles. The smallest absolute Gasteiger partial charge is 0.219 e. The lowest BCUT2D eigenvalue weighted by molar-refractivity contribution is -0.129. The van der Waals surface area contributed by atoms with Crippen molar-refractivity contribution in [3.8, 4) is 0 Å². The summed E-state index contributed by atoms with van der Waals surface area (Å²) in [4.78, 5) is 109. The maximum Gasteiger partial charge on any atom is 0.219 e. The molecule has 590 valence electrons. The Morgan fingerprint density at radius 3 is 0.554 bits per heavy atom. The maximum absolute atomic E-state index is 10.7. The number of nitrogens with zero attached hydrogens (tertiary/aromatic N) is 1. The van der Waals surface area contributed by atoms with Gasteiger partial charge in [0.05, 0.1) is 0 Å². The van der Waals surface area contributed by atoms with Gasteiger partial charge in [-0.15, -0.1) is 0 Å². The molecular weight excluding hydrogens is 1190 g/mol. The number of likely N-dealkylation sites (tertiary alicyclic amines) is 1. The fourth-order valence-corrected chi connectivity index (χ4v) is 2.64. The lowest BCUT2D eigenvalue weighted by Crippen LogP contribution is -2.33. The molecule has 0 spiro atoms. The molecule has 1 aliphatic rings. The van der Waals surface area contributed by atoms with Crippen LogP contribution >= 0.6 is 0 Å². The Kier molecular flexibility index (Phi) is 834. The van der Waals surface area contributed by atoms with Crippen LogP contribution in [0.5, 0.6) is 0 Å². The molecule has 0 atom stereocenters. The van der Waals surface area contributed by atoms with E-state index in [-0.39, 0.29) is 82.1 Å². The van der Waals surface area contributed by atoms with Crippen molar-refractivity contribution in [1.29, 1.82) is 0 Å². The van der Waals surface area contributed by atoms with Gasteiger partial charge in [-0.25, -0.2) is 0 Å². The highest BCUT2D eigenvalue weighted by molar-refractivity contribution is 5.73. The minimum atomic E-state index is -0.167. The number of carbonyl (C=O) groups excluding carboxylic acids is 13. The third-order valence-electron chi connectivity index (χ3n) is 6.75. The largest absolute Gasteiger partial charge is 0.394 e. The molecule has 27 heteroatoms. The molecule has 1 fully saturated rings. The van der Waals surface area contributed by atoms with Crippen LogP contribution in [0.4, 0.5) is 0 Å². The molecule has 0 radical (unpaired) electrons. The second-order valence-electron chi connectivity index (χ2n) is 14.5. The molecule has 27 nitrogen and oxygen atoms in total. The van der Waals surface area contributed by atoms with E-state index in [1.54, 1.807) is 20.8 Å². The number of hydrogen-bond donors (Lipinski definition) is 13. The summed E-state index contributed by atoms with van der Waals surface area (Å²) in [6.07, 6.45) is 9.71. The molecule has 2 aromatic carbocycles. The summed E-state index contributed by atoms with van der Waals surface area (Å²) >= 11 is 0. The van der Waals surface area contributed by atoms with Crippen molar-refractivity contribution in [2.24, 2.45) is 35.1 Å². The summed E-state index contributed by atoms with van der Waals surface area (Å²) in [7, 11) is 3.00. The summed E-state index contributed by atoms with van der Waals surface area (Å²) in [5.74, 6) is 3.72. The highest BCUT2D eigenvalue weighted by Gasteiger charge is 2.11. The van der Waals surface area contributed by atoms with Crippen molar-refractivity contribution in [1.82, 2.24) is 66.4 Å². The highest BCUT2D eigenvalue weighted by atomic mass is 16.3. The fourth-order valence-electron chi connectivity index (χ4n) is 2.64. The van der Waals surface area contributed by atoms with Gasteiger partial charge >= 0.3 is 0 Å². The standard InChI is InChI=1S/2C8H10.C7H13NO.3C5H12.C4H10.C3H8O.3C2H6.2CH5N.12CH2O.10H3N.6H2/c2*1-2-8-6-4-3-5-7-8;1-7(9)8-5-3-2-4-6-8;3*1-4-5(2)3;1-4(2)3;1-3(2)4;17*1-2;;;;;;;;;;;;;;;;/h2*3-7H,2H2,1H3;2-6H2,1H3;3*5H,4H2,1-3H3;4H,1-3H3;3-4H,1-2H3;3*1-2H3;2*2H2,1H3;12*1H2;10*1H3;6*1H. The highest BCUT2D eigenvalue weighted by Crippen LogP contribution is 2.07. The summed E-state index contributed by atoms with van der Waals surface area (Å²) in [6.45, 7) is 73.8. The topological polar surface area (TPSA) is 647 Å². The second kappa shape index (κ2) is 360. The molecule has 35 N–H and O–H groups in total. The first-order valence-electron chi connectivity index (χ1n) is 27.1. The van der Waals surface area contributed by atoms with Crippen LogP contribution in [0.25, 0.3) is 0 Å². The monoisotopic (exact) mass is 1370 g/mol. The van der Waals surface area contributed by atoms with Gasteiger partial charge in [0, 0.05) is 34.7 Å². The van der Waals surface area contributed by atoms with Crippen molar-refractivity contribution < 1.29 is 76.0 Å². The van der Waals surface area contributed by atoms with Gasteiger partial charge in [0.2, 0.25) is 5.91 Å². The van der Waals surface area contributed by atoms with Crippen molar-refractivity contribution in [2.45, 2.75) is 217 Å². The number of aliphatic hydroxyl groups is 1. The van der Waals surface area contributed by atoms with Gasteiger partial charge in [-0.1, -0.05) is 218 Å². The van der Waals surface area contributed by atoms with Crippen LogP contribution in [0.3, 0.4) is 0 Å². The molecule has 0 aliphatic carbocycles. The van der Waals surface area contributed by atoms with Crippen molar-refractivity contribution >= 4 is 87.4 Å². The van der Waals surface area contributed by atoms with Crippen LogP contribution in [0.2, 0.25) is 0 Å². The molecule has 0 bridgehead atoms. The molecule has 2 aromatic rings. The summed E-state index contributed by atoms with van der Waals surface area (Å²) in [6, 6.07) is 20.9. The SMILES string of the molecule is C=O.C=O.C=O.C=O.C=O.C=O.C=O.C=O.C=O.C=O.C=O.C=O.CC.CC.CC.CC(=O)N1CCCCC1.CC(C)C.CC(C)O.CCC(C)C.CCC(C)C.CCC(C)C.CCc1ccccc1.CCc1ccccc1.CN.CN.N.N.N.N.N.N.N.N.N.N.[HH].[HH].[HH].[HH].[HH].[HH]. The van der Waals surface area contributed by atoms with Gasteiger partial charge in [0.1, 0.15) is 81.5 Å². The second-order valence-corrected chi connectivity index (χ2v) is 14.5. The molecule has 92 heavy (non-hydrogen) atoms. The minimum Gasteiger partial charge on any atom is -0.394 e. The van der Waals surface area contributed by atoms with E-state index >= 15 is 0 Å². The zero-order chi connectivity index (χ0) is 72.3. The molecule has 3 rings (SSSR count). The first-order valence-corrected chi connectivity index (χ1v) is 27.1. The lowest BCUT2D eigenvalue weighted by atomic mass is 10.1. The number of rotatable bonds is 5. The van der Waals surface area contributed by atoms with Gasteiger partial charge in [-0.2, -0.15) is 0 Å². The van der Waals surface area contributed by atoms with E-state index in [9.17, 15) is 4.79 Å². The zero-order valence-corrected chi connectivity index (χ0v) is 65.1. The fraction of sp³-hybridized carbons (Fsp3) is 0.615. The number of amides is 1. The van der Waals surface area contributed by atoms with Gasteiger partial charge < -0.3 is 141 Å². The van der Waals surface area contributed by atoms with Gasteiger partial charge in [-0.3, -0.25) is 4.79 Å². The van der Waals surface area contributed by atoms with Crippen molar-refractivity contribution in [3.63, 3.8) is 0 Å². The van der Waals surface area contributed by atoms with E-state index in [0.29, 0.717) is 0 Å². The van der Waals surface area contributed by atoms with Crippen LogP contribution in [0.15, 0.2) is 60.7 Å². The Morgan fingerprint density at radius 2 is 0.489 bits per heavy atom. The summed E-state index contributed by atoms with van der Waals surface area (Å²) in [5.41, 5.74) is 11.8. The van der Waals surface area contributed by atoms with Gasteiger partial charge in [-0.05, 0) is 94.8 Å². The van der Waals surface area contributed by atoms with Gasteiger partial charge in [0.25, 0.3) is 0 Å². The number of aliphatic hydroxyl groups excluding tert-OH is 1. The summed E-state index contributed by atoms with van der Waals surface area (Å²) < 4.78 is 0. The average molecular weight is 1370 g/mol. The first-order chi connectivity index (χ1) is 39.4. The van der Waals surface area contributed by atoms with Crippen LogP contribution in [-0.4, -0.2) is 131 Å². The van der Waals surface area contributed by atoms with E-state index in [1.807, 2.05) is 140 Å². The Morgan fingerprint density at radius 1 is 0.370 bits per heavy atom. The van der Waals surface area contributed by atoms with Crippen LogP contribution < -0.4 is 73.0 Å². The normalized spacial score (nSPS) is 6.73. The van der Waals surface area contributed by atoms with E-state index in [0.717, 1.165) is 49.6 Å². The number of carbonyl (C=O) groups is 13. The minimum absolute atomic E-state index is 0. The van der Waals surface area contributed by atoms with Crippen molar-refractivity contribution in [3.05, 3.63) is 71.8 Å². The zero-order valence-electron chi connectivity index (χ0n) is 65.1. The number of piperidine rings is 1.